The lowest BCUT2D eigenvalue weighted by molar-refractivity contribution is -0.385. The second-order valence-electron chi connectivity index (χ2n) is 6.42. The molecule has 11 heteroatoms. The van der Waals surface area contributed by atoms with Crippen molar-refractivity contribution in [2.24, 2.45) is 11.5 Å². The van der Waals surface area contributed by atoms with Crippen LogP contribution in [-0.4, -0.2) is 49.4 Å². The molecule has 2 atom stereocenters. The normalized spacial score (nSPS) is 12.9. The fourth-order valence-corrected chi connectivity index (χ4v) is 2.75. The molecule has 0 fully saturated rings. The van der Waals surface area contributed by atoms with Crippen molar-refractivity contribution >= 4 is 17.6 Å². The number of carbonyl (C=O) groups is 2. The smallest absolute Gasteiger partial charge is 0.320 e. The van der Waals surface area contributed by atoms with Gasteiger partial charge in [-0.25, -0.2) is 0 Å². The van der Waals surface area contributed by atoms with E-state index in [1.54, 1.807) is 0 Å². The zero-order valence-corrected chi connectivity index (χ0v) is 15.0. The molecule has 0 bridgehead atoms. The molecule has 0 aromatic heterocycles. The minimum absolute atomic E-state index is 0.00793. The van der Waals surface area contributed by atoms with Gasteiger partial charge >= 0.3 is 17.6 Å². The summed E-state index contributed by atoms with van der Waals surface area (Å²) in [5.41, 5.74) is 10.7. The number of aromatic hydroxyl groups is 2. The molecule has 0 saturated carbocycles. The van der Waals surface area contributed by atoms with E-state index in [0.717, 1.165) is 6.07 Å². The first-order chi connectivity index (χ1) is 13.5. The van der Waals surface area contributed by atoms with Crippen molar-refractivity contribution in [3.8, 4) is 22.6 Å². The van der Waals surface area contributed by atoms with Crippen LogP contribution in [0.4, 0.5) is 5.69 Å². The number of carboxylic acid groups (broad SMARTS) is 2. The predicted molar refractivity (Wildman–Crippen MR) is 100 cm³/mol. The average Bonchev–Trinajstić information content (AvgIpc) is 2.64. The van der Waals surface area contributed by atoms with E-state index in [1.165, 1.54) is 24.3 Å². The lowest BCUT2D eigenvalue weighted by Gasteiger charge is -2.14. The van der Waals surface area contributed by atoms with Crippen molar-refractivity contribution in [3.05, 3.63) is 51.6 Å². The quantitative estimate of drug-likeness (QED) is 0.265. The van der Waals surface area contributed by atoms with Gasteiger partial charge in [-0.2, -0.15) is 0 Å². The Morgan fingerprint density at radius 2 is 1.45 bits per heavy atom. The first-order valence-corrected chi connectivity index (χ1v) is 8.30. The van der Waals surface area contributed by atoms with Crippen LogP contribution >= 0.6 is 0 Å². The highest BCUT2D eigenvalue weighted by Crippen LogP contribution is 2.42. The second-order valence-corrected chi connectivity index (χ2v) is 6.42. The van der Waals surface area contributed by atoms with Crippen molar-refractivity contribution in [2.75, 3.05) is 0 Å². The SMILES string of the molecule is N[C@@H](Cc1ccc(O)c(-c2cc(C[C@H](N)C(=O)O)cc([N+](=O)[O-])c2O)c1)C(=O)O. The van der Waals surface area contributed by atoms with Gasteiger partial charge < -0.3 is 31.9 Å². The zero-order valence-electron chi connectivity index (χ0n) is 15.0. The lowest BCUT2D eigenvalue weighted by atomic mass is 9.94. The number of nitro groups is 1. The summed E-state index contributed by atoms with van der Waals surface area (Å²) < 4.78 is 0. The molecule has 0 aliphatic carbocycles. The molecular formula is C18H19N3O8. The summed E-state index contributed by atoms with van der Waals surface area (Å²) in [5.74, 6) is -3.61. The predicted octanol–water partition coefficient (Wildman–Crippen LogP) is 0.582. The minimum atomic E-state index is -1.33. The molecule has 0 heterocycles. The van der Waals surface area contributed by atoms with Crippen molar-refractivity contribution in [1.82, 2.24) is 0 Å². The summed E-state index contributed by atoms with van der Waals surface area (Å²) in [7, 11) is 0. The molecular weight excluding hydrogens is 386 g/mol. The highest BCUT2D eigenvalue weighted by Gasteiger charge is 2.24. The zero-order chi connectivity index (χ0) is 21.9. The van der Waals surface area contributed by atoms with Gasteiger partial charge in [0.05, 0.1) is 4.92 Å². The Balaban J connectivity index is 2.60. The lowest BCUT2D eigenvalue weighted by Crippen LogP contribution is -2.32. The van der Waals surface area contributed by atoms with Crippen molar-refractivity contribution < 1.29 is 34.9 Å². The van der Waals surface area contributed by atoms with Crippen molar-refractivity contribution in [1.29, 1.82) is 0 Å². The first-order valence-electron chi connectivity index (χ1n) is 8.30. The van der Waals surface area contributed by atoms with Gasteiger partial charge in [0.2, 0.25) is 5.75 Å². The molecule has 0 spiro atoms. The van der Waals surface area contributed by atoms with Crippen LogP contribution in [0.25, 0.3) is 11.1 Å². The molecule has 2 aromatic carbocycles. The molecule has 2 aromatic rings. The molecule has 0 amide bonds. The Morgan fingerprint density at radius 1 is 0.931 bits per heavy atom. The van der Waals surface area contributed by atoms with E-state index < -0.39 is 40.4 Å². The third-order valence-corrected chi connectivity index (χ3v) is 4.24. The third kappa shape index (κ3) is 4.97. The maximum Gasteiger partial charge on any atom is 0.320 e. The number of phenols is 2. The number of nitro benzene ring substituents is 1. The Labute approximate surface area is 164 Å². The maximum atomic E-state index is 11.3. The van der Waals surface area contributed by atoms with Crippen LogP contribution < -0.4 is 11.5 Å². The number of aliphatic carboxylic acids is 2. The molecule has 0 radical (unpaired) electrons. The monoisotopic (exact) mass is 405 g/mol. The van der Waals surface area contributed by atoms with Gasteiger partial charge in [-0.1, -0.05) is 6.07 Å². The second kappa shape index (κ2) is 8.54. The highest BCUT2D eigenvalue weighted by molar-refractivity contribution is 5.81. The number of benzene rings is 2. The fourth-order valence-electron chi connectivity index (χ4n) is 2.75. The summed E-state index contributed by atoms with van der Waals surface area (Å²) in [5, 5.41) is 49.8. The summed E-state index contributed by atoms with van der Waals surface area (Å²) in [4.78, 5) is 32.4. The number of carboxylic acids is 2. The molecule has 11 nitrogen and oxygen atoms in total. The largest absolute Gasteiger partial charge is 0.507 e. The maximum absolute atomic E-state index is 11.3. The van der Waals surface area contributed by atoms with Gasteiger partial charge in [0.15, 0.2) is 0 Å². The van der Waals surface area contributed by atoms with E-state index >= 15 is 0 Å². The summed E-state index contributed by atoms with van der Waals surface area (Å²) in [6.45, 7) is 0. The van der Waals surface area contributed by atoms with Gasteiger partial charge in [-0.15, -0.1) is 0 Å². The molecule has 2 rings (SSSR count). The van der Waals surface area contributed by atoms with Gasteiger partial charge in [0, 0.05) is 17.2 Å². The van der Waals surface area contributed by atoms with Crippen molar-refractivity contribution in [2.45, 2.75) is 24.9 Å². The standard InChI is InChI=1S/C18H19N3O8/c19-12(17(24)25)5-8-1-2-15(22)10(3-8)11-4-9(6-13(20)18(26)27)7-14(16(11)23)21(28)29/h1-4,7,12-13,22-23H,5-6,19-20H2,(H,24,25)(H,26,27)/t12-,13-/m0/s1. The van der Waals surface area contributed by atoms with Crippen LogP contribution in [0.5, 0.6) is 11.5 Å². The Kier molecular flexibility index (Phi) is 6.36. The number of hydrogen-bond donors (Lipinski definition) is 6. The fraction of sp³-hybridized carbons (Fsp3) is 0.222. The Hall–Kier alpha value is -3.70. The minimum Gasteiger partial charge on any atom is -0.507 e. The summed E-state index contributed by atoms with van der Waals surface area (Å²) in [6.07, 6.45) is -0.344. The van der Waals surface area contributed by atoms with Crippen LogP contribution in [0.2, 0.25) is 0 Å². The highest BCUT2D eigenvalue weighted by atomic mass is 16.6. The topological polar surface area (TPSA) is 210 Å². The van der Waals surface area contributed by atoms with Crippen LogP contribution in [0.3, 0.4) is 0 Å². The molecule has 0 unspecified atom stereocenters. The average molecular weight is 405 g/mol. The van der Waals surface area contributed by atoms with Gasteiger partial charge in [-0.05, 0) is 42.2 Å². The van der Waals surface area contributed by atoms with E-state index in [1.807, 2.05) is 0 Å². The molecule has 154 valence electrons. The van der Waals surface area contributed by atoms with E-state index in [-0.39, 0.29) is 35.3 Å². The van der Waals surface area contributed by atoms with Crippen LogP contribution in [0.1, 0.15) is 11.1 Å². The van der Waals surface area contributed by atoms with E-state index in [0.29, 0.717) is 5.56 Å². The molecule has 29 heavy (non-hydrogen) atoms. The number of nitrogens with two attached hydrogens (primary N) is 2. The number of phenolic OH excluding ortho intramolecular Hbond substituents is 2. The van der Waals surface area contributed by atoms with Crippen molar-refractivity contribution in [3.63, 3.8) is 0 Å². The number of nitrogens with zero attached hydrogens (tertiary/aromatic N) is 1. The van der Waals surface area contributed by atoms with E-state index in [4.69, 9.17) is 21.7 Å². The molecule has 0 aliphatic heterocycles. The summed E-state index contributed by atoms with van der Waals surface area (Å²) >= 11 is 0. The van der Waals surface area contributed by atoms with Crippen LogP contribution in [-0.2, 0) is 22.4 Å². The van der Waals surface area contributed by atoms with Gasteiger partial charge in [0.1, 0.15) is 17.8 Å². The Bertz CT molecular complexity index is 976. The number of hydrogen-bond acceptors (Lipinski definition) is 8. The van der Waals surface area contributed by atoms with E-state index in [2.05, 4.69) is 0 Å². The first kappa shape index (κ1) is 21.6. The van der Waals surface area contributed by atoms with E-state index in [9.17, 15) is 29.9 Å². The number of rotatable bonds is 8. The molecule has 0 aliphatic rings. The van der Waals surface area contributed by atoms with Crippen LogP contribution in [0, 0.1) is 10.1 Å². The van der Waals surface area contributed by atoms with Gasteiger partial charge in [-0.3, -0.25) is 19.7 Å². The van der Waals surface area contributed by atoms with Crippen LogP contribution in [0.15, 0.2) is 30.3 Å². The summed E-state index contributed by atoms with van der Waals surface area (Å²) in [6, 6.07) is 3.75. The van der Waals surface area contributed by atoms with Gasteiger partial charge in [0.25, 0.3) is 0 Å². The molecule has 0 saturated heterocycles. The third-order valence-electron chi connectivity index (χ3n) is 4.24. The Morgan fingerprint density at radius 3 is 1.97 bits per heavy atom. The molecule has 8 N–H and O–H groups in total.